The molecule has 1 heterocycles. The Bertz CT molecular complexity index is 836. The Hall–Kier alpha value is -2.41. The minimum Gasteiger partial charge on any atom is -0.451 e. The van der Waals surface area contributed by atoms with Gasteiger partial charge < -0.3 is 10.1 Å². The Kier molecular flexibility index (Phi) is 6.11. The fraction of sp³-hybridized carbons (Fsp3) is 0.474. The van der Waals surface area contributed by atoms with E-state index in [0.717, 1.165) is 19.3 Å². The monoisotopic (exact) mass is 390 g/mol. The maximum absolute atomic E-state index is 12.3. The average molecular weight is 391 g/mol. The second-order valence-corrected chi connectivity index (χ2v) is 7.35. The summed E-state index contributed by atoms with van der Waals surface area (Å²) >= 11 is 5.97. The van der Waals surface area contributed by atoms with Crippen molar-refractivity contribution in [2.24, 2.45) is 5.92 Å². The lowest BCUT2D eigenvalue weighted by atomic mass is 9.86. The Balaban J connectivity index is 1.59. The highest BCUT2D eigenvalue weighted by atomic mass is 35.5. The van der Waals surface area contributed by atoms with Crippen LogP contribution in [0.25, 0.3) is 5.69 Å². The number of rotatable bonds is 5. The van der Waals surface area contributed by atoms with Crippen LogP contribution in [0, 0.1) is 12.8 Å². The molecule has 0 spiro atoms. The molecule has 2 atom stereocenters. The van der Waals surface area contributed by atoms with Crippen LogP contribution in [0.1, 0.15) is 48.8 Å². The maximum atomic E-state index is 12.3. The van der Waals surface area contributed by atoms with Crippen LogP contribution in [0.3, 0.4) is 0 Å². The van der Waals surface area contributed by atoms with Gasteiger partial charge in [0, 0.05) is 11.1 Å². The summed E-state index contributed by atoms with van der Waals surface area (Å²) < 4.78 is 5.13. The Morgan fingerprint density at radius 3 is 2.81 bits per heavy atom. The largest absolute Gasteiger partial charge is 0.451 e. The molecular formula is C19H23ClN4O3. The topological polar surface area (TPSA) is 86.1 Å². The number of esters is 1. The summed E-state index contributed by atoms with van der Waals surface area (Å²) in [6.45, 7) is 3.47. The van der Waals surface area contributed by atoms with Gasteiger partial charge in [-0.2, -0.15) is 9.90 Å². The number of ether oxygens (including phenoxy) is 1. The van der Waals surface area contributed by atoms with E-state index in [9.17, 15) is 9.59 Å². The third-order valence-electron chi connectivity index (χ3n) is 4.81. The van der Waals surface area contributed by atoms with Gasteiger partial charge in [-0.25, -0.2) is 4.79 Å². The number of amides is 1. The summed E-state index contributed by atoms with van der Waals surface area (Å²) in [4.78, 5) is 25.7. The molecule has 1 fully saturated rings. The van der Waals surface area contributed by atoms with Crippen molar-refractivity contribution in [3.05, 3.63) is 40.7 Å². The number of carbonyl (C=O) groups is 2. The van der Waals surface area contributed by atoms with Gasteiger partial charge >= 0.3 is 5.97 Å². The summed E-state index contributed by atoms with van der Waals surface area (Å²) in [5.74, 6) is -0.521. The molecule has 144 valence electrons. The van der Waals surface area contributed by atoms with Crippen molar-refractivity contribution >= 4 is 23.5 Å². The third-order valence-corrected chi connectivity index (χ3v) is 5.04. The number of nitrogens with one attached hydrogen (secondary N) is 1. The zero-order chi connectivity index (χ0) is 19.4. The lowest BCUT2D eigenvalue weighted by Gasteiger charge is -2.29. The highest BCUT2D eigenvalue weighted by molar-refractivity contribution is 6.30. The van der Waals surface area contributed by atoms with Gasteiger partial charge in [-0.1, -0.05) is 37.4 Å². The van der Waals surface area contributed by atoms with Gasteiger partial charge in [0.05, 0.1) is 11.4 Å². The first-order valence-electron chi connectivity index (χ1n) is 9.10. The van der Waals surface area contributed by atoms with E-state index in [1.165, 1.54) is 11.2 Å². The number of hydrogen-bond donors (Lipinski definition) is 1. The van der Waals surface area contributed by atoms with Crippen LogP contribution in [0.5, 0.6) is 0 Å². The molecule has 0 bridgehead atoms. The first kappa shape index (κ1) is 19.4. The Morgan fingerprint density at radius 1 is 1.30 bits per heavy atom. The van der Waals surface area contributed by atoms with Gasteiger partial charge in [-0.05, 0) is 43.9 Å². The SMILES string of the molecule is Cc1nn(-c2cccc(Cl)c2)nc1C(=O)OCC(=O)N[C@@H]1CCCC[C@@H]1C. The van der Waals surface area contributed by atoms with E-state index in [0.29, 0.717) is 22.3 Å². The molecule has 2 aromatic rings. The normalized spacial score (nSPS) is 19.5. The molecule has 3 rings (SSSR count). The molecule has 0 radical (unpaired) electrons. The molecule has 1 aliphatic carbocycles. The van der Waals surface area contributed by atoms with Crippen LogP contribution in [0.4, 0.5) is 0 Å². The van der Waals surface area contributed by atoms with Crippen molar-refractivity contribution in [3.63, 3.8) is 0 Å². The second kappa shape index (κ2) is 8.52. The molecule has 27 heavy (non-hydrogen) atoms. The zero-order valence-corrected chi connectivity index (χ0v) is 16.2. The number of carbonyl (C=O) groups excluding carboxylic acids is 2. The number of nitrogens with zero attached hydrogens (tertiary/aromatic N) is 3. The van der Waals surface area contributed by atoms with Gasteiger partial charge in [-0.3, -0.25) is 4.79 Å². The molecule has 1 saturated carbocycles. The van der Waals surface area contributed by atoms with Crippen molar-refractivity contribution < 1.29 is 14.3 Å². The fourth-order valence-electron chi connectivity index (χ4n) is 3.26. The van der Waals surface area contributed by atoms with E-state index in [2.05, 4.69) is 22.4 Å². The summed E-state index contributed by atoms with van der Waals surface area (Å²) in [7, 11) is 0. The van der Waals surface area contributed by atoms with Crippen LogP contribution in [-0.4, -0.2) is 39.5 Å². The number of hydrogen-bond acceptors (Lipinski definition) is 5. The van der Waals surface area contributed by atoms with Gasteiger partial charge in [-0.15, -0.1) is 5.10 Å². The minimum atomic E-state index is -0.673. The van der Waals surface area contributed by atoms with Crippen LogP contribution in [-0.2, 0) is 9.53 Å². The van der Waals surface area contributed by atoms with Crippen molar-refractivity contribution in [3.8, 4) is 5.69 Å². The number of halogens is 1. The van der Waals surface area contributed by atoms with Gasteiger partial charge in [0.15, 0.2) is 12.3 Å². The lowest BCUT2D eigenvalue weighted by molar-refractivity contribution is -0.125. The molecular weight excluding hydrogens is 368 g/mol. The van der Waals surface area contributed by atoms with Gasteiger partial charge in [0.2, 0.25) is 0 Å². The molecule has 7 nitrogen and oxygen atoms in total. The molecule has 1 aromatic carbocycles. The quantitative estimate of drug-likeness (QED) is 0.793. The van der Waals surface area contributed by atoms with Gasteiger partial charge in [0.1, 0.15) is 0 Å². The summed E-state index contributed by atoms with van der Waals surface area (Å²) in [6, 6.07) is 7.12. The van der Waals surface area contributed by atoms with E-state index < -0.39 is 5.97 Å². The predicted molar refractivity (Wildman–Crippen MR) is 101 cm³/mol. The molecule has 1 amide bonds. The van der Waals surface area contributed by atoms with Gasteiger partial charge in [0.25, 0.3) is 5.91 Å². The molecule has 0 saturated heterocycles. The van der Waals surface area contributed by atoms with Crippen molar-refractivity contribution in [2.45, 2.75) is 45.6 Å². The van der Waals surface area contributed by atoms with Crippen molar-refractivity contribution in [2.75, 3.05) is 6.61 Å². The molecule has 1 aliphatic rings. The van der Waals surface area contributed by atoms with E-state index in [4.69, 9.17) is 16.3 Å². The maximum Gasteiger partial charge on any atom is 0.361 e. The molecule has 1 aromatic heterocycles. The zero-order valence-electron chi connectivity index (χ0n) is 15.4. The third kappa shape index (κ3) is 4.86. The smallest absolute Gasteiger partial charge is 0.361 e. The van der Waals surface area contributed by atoms with E-state index >= 15 is 0 Å². The molecule has 0 unspecified atom stereocenters. The van der Waals surface area contributed by atoms with E-state index in [-0.39, 0.29) is 24.2 Å². The molecule has 0 aliphatic heterocycles. The average Bonchev–Trinajstić information content (AvgIpc) is 3.03. The van der Waals surface area contributed by atoms with Crippen molar-refractivity contribution in [1.29, 1.82) is 0 Å². The lowest BCUT2D eigenvalue weighted by Crippen LogP contribution is -2.42. The highest BCUT2D eigenvalue weighted by Gasteiger charge is 2.24. The Morgan fingerprint density at radius 2 is 2.07 bits per heavy atom. The number of aryl methyl sites for hydroxylation is 1. The van der Waals surface area contributed by atoms with Crippen LogP contribution >= 0.6 is 11.6 Å². The van der Waals surface area contributed by atoms with Crippen LogP contribution in [0.2, 0.25) is 5.02 Å². The van der Waals surface area contributed by atoms with Crippen LogP contribution < -0.4 is 5.32 Å². The standard InChI is InChI=1S/C19H23ClN4O3/c1-12-6-3-4-9-16(12)21-17(25)11-27-19(26)18-13(2)22-24(23-18)15-8-5-7-14(20)10-15/h5,7-8,10,12,16H,3-4,6,9,11H2,1-2H3,(H,21,25)/t12-,16+/m0/s1. The summed E-state index contributed by atoms with van der Waals surface area (Å²) in [5.41, 5.74) is 1.13. The number of benzene rings is 1. The fourth-order valence-corrected chi connectivity index (χ4v) is 3.45. The second-order valence-electron chi connectivity index (χ2n) is 6.92. The summed E-state index contributed by atoms with van der Waals surface area (Å²) in [5, 5.41) is 11.9. The Labute approximate surface area is 163 Å². The van der Waals surface area contributed by atoms with Crippen molar-refractivity contribution in [1.82, 2.24) is 20.3 Å². The molecule has 8 heteroatoms. The predicted octanol–water partition coefficient (Wildman–Crippen LogP) is 3.08. The first-order valence-corrected chi connectivity index (χ1v) is 9.48. The molecule has 1 N–H and O–H groups in total. The first-order chi connectivity index (χ1) is 12.9. The van der Waals surface area contributed by atoms with E-state index in [1.807, 2.05) is 0 Å². The minimum absolute atomic E-state index is 0.0776. The highest BCUT2D eigenvalue weighted by Crippen LogP contribution is 2.23. The van der Waals surface area contributed by atoms with Crippen LogP contribution in [0.15, 0.2) is 24.3 Å². The number of aromatic nitrogens is 3. The van der Waals surface area contributed by atoms with E-state index in [1.54, 1.807) is 31.2 Å². The summed E-state index contributed by atoms with van der Waals surface area (Å²) in [6.07, 6.45) is 4.38.